The molecular formula is C13H8N8O2. The summed E-state index contributed by atoms with van der Waals surface area (Å²) in [5, 5.41) is 34.8. The molecule has 0 bridgehead atoms. The van der Waals surface area contributed by atoms with E-state index >= 15 is 0 Å². The molecule has 2 aromatic heterocycles. The fourth-order valence-corrected chi connectivity index (χ4v) is 1.77. The molecule has 0 aliphatic heterocycles. The van der Waals surface area contributed by atoms with E-state index in [1.807, 2.05) is 0 Å². The van der Waals surface area contributed by atoms with E-state index in [9.17, 15) is 9.90 Å². The van der Waals surface area contributed by atoms with Crippen LogP contribution in [0.4, 0.5) is 17.3 Å². The van der Waals surface area contributed by atoms with Crippen molar-refractivity contribution in [2.24, 2.45) is 17.3 Å². The number of azo groups is 1. The van der Waals surface area contributed by atoms with Crippen LogP contribution in [0.1, 0.15) is 17.0 Å². The number of aromatic hydroxyl groups is 1. The number of rotatable bonds is 2. The summed E-state index contributed by atoms with van der Waals surface area (Å²) >= 11 is 0. The lowest BCUT2D eigenvalue weighted by Crippen LogP contribution is -2.16. The molecular weight excluding hydrogens is 300 g/mol. The number of nitrogens with one attached hydrogen (secondary N) is 1. The van der Waals surface area contributed by atoms with Gasteiger partial charge in [0.15, 0.2) is 17.3 Å². The average molecular weight is 308 g/mol. The Bertz CT molecular complexity index is 976. The van der Waals surface area contributed by atoms with Crippen LogP contribution in [0, 0.1) is 36.2 Å². The van der Waals surface area contributed by atoms with E-state index in [1.54, 1.807) is 12.1 Å². The van der Waals surface area contributed by atoms with Gasteiger partial charge in [-0.2, -0.15) is 15.5 Å². The molecule has 0 unspecified atom stereocenters. The van der Waals surface area contributed by atoms with Crippen molar-refractivity contribution in [1.29, 1.82) is 10.5 Å². The van der Waals surface area contributed by atoms with Gasteiger partial charge in [0.1, 0.15) is 17.8 Å². The maximum absolute atomic E-state index is 12.1. The Morgan fingerprint density at radius 3 is 2.61 bits per heavy atom. The van der Waals surface area contributed by atoms with Crippen molar-refractivity contribution in [2.45, 2.75) is 6.92 Å². The molecule has 0 fully saturated rings. The van der Waals surface area contributed by atoms with Gasteiger partial charge in [-0.25, -0.2) is 4.85 Å². The Morgan fingerprint density at radius 1 is 1.39 bits per heavy atom. The number of pyridine rings is 1. The third-order valence-corrected chi connectivity index (χ3v) is 3.01. The number of hydrogen-bond donors (Lipinski definition) is 2. The second-order valence-electron chi connectivity index (χ2n) is 4.33. The molecule has 0 atom stereocenters. The third kappa shape index (κ3) is 2.50. The van der Waals surface area contributed by atoms with Crippen molar-refractivity contribution in [3.63, 3.8) is 0 Å². The average Bonchev–Trinajstić information content (AvgIpc) is 2.95. The van der Waals surface area contributed by atoms with E-state index in [4.69, 9.17) is 17.1 Å². The summed E-state index contributed by atoms with van der Waals surface area (Å²) in [7, 11) is 1.29. The lowest BCUT2D eigenvalue weighted by Gasteiger charge is -2.08. The fraction of sp³-hybridized carbons (Fsp3) is 0.154. The number of aromatic amines is 1. The van der Waals surface area contributed by atoms with E-state index < -0.39 is 11.4 Å². The predicted molar refractivity (Wildman–Crippen MR) is 76.5 cm³/mol. The van der Waals surface area contributed by atoms with E-state index in [0.717, 1.165) is 4.57 Å². The first-order valence-corrected chi connectivity index (χ1v) is 6.06. The van der Waals surface area contributed by atoms with Gasteiger partial charge in [0, 0.05) is 7.05 Å². The number of nitriles is 2. The molecule has 0 saturated heterocycles. The van der Waals surface area contributed by atoms with Gasteiger partial charge in [-0.05, 0) is 12.5 Å². The maximum Gasteiger partial charge on any atom is 0.278 e. The summed E-state index contributed by atoms with van der Waals surface area (Å²) in [6, 6.07) is 3.46. The zero-order valence-electron chi connectivity index (χ0n) is 12.0. The van der Waals surface area contributed by atoms with Gasteiger partial charge < -0.3 is 10.1 Å². The molecule has 0 spiro atoms. The van der Waals surface area contributed by atoms with Crippen LogP contribution in [-0.2, 0) is 7.05 Å². The Hall–Kier alpha value is -3.97. The van der Waals surface area contributed by atoms with Crippen molar-refractivity contribution in [1.82, 2.24) is 14.5 Å². The van der Waals surface area contributed by atoms with Crippen LogP contribution in [0.2, 0.25) is 0 Å². The first-order valence-electron chi connectivity index (χ1n) is 6.06. The molecule has 0 amide bonds. The molecule has 10 nitrogen and oxygen atoms in total. The second-order valence-corrected chi connectivity index (χ2v) is 4.33. The summed E-state index contributed by atoms with van der Waals surface area (Å²) in [6.07, 6.45) is 0. The summed E-state index contributed by atoms with van der Waals surface area (Å²) in [5.41, 5.74) is -0.960. The molecule has 2 rings (SSSR count). The van der Waals surface area contributed by atoms with Gasteiger partial charge in [0.2, 0.25) is 11.6 Å². The SMILES string of the molecule is [C-]#[N+]c1c(C)c(N=Nc2nc(C#N)c(C#N)[nH]2)c(=O)n(C)c1O. The smallest absolute Gasteiger partial charge is 0.278 e. The van der Waals surface area contributed by atoms with Crippen LogP contribution < -0.4 is 5.56 Å². The lowest BCUT2D eigenvalue weighted by atomic mass is 10.2. The van der Waals surface area contributed by atoms with Gasteiger partial charge in [-0.3, -0.25) is 9.36 Å². The second kappa shape index (κ2) is 5.80. The lowest BCUT2D eigenvalue weighted by molar-refractivity contribution is 0.426. The van der Waals surface area contributed by atoms with Crippen LogP contribution in [0.25, 0.3) is 4.85 Å². The monoisotopic (exact) mass is 308 g/mol. The minimum atomic E-state index is -0.649. The van der Waals surface area contributed by atoms with Crippen LogP contribution in [0.5, 0.6) is 5.88 Å². The number of aromatic nitrogens is 3. The Balaban J connectivity index is 2.58. The molecule has 0 saturated carbocycles. The topological polar surface area (TPSA) is 148 Å². The highest BCUT2D eigenvalue weighted by atomic mass is 16.3. The fourth-order valence-electron chi connectivity index (χ4n) is 1.77. The summed E-state index contributed by atoms with van der Waals surface area (Å²) in [6.45, 7) is 8.50. The van der Waals surface area contributed by atoms with Crippen LogP contribution in [0.15, 0.2) is 15.0 Å². The van der Waals surface area contributed by atoms with Gasteiger partial charge in [0.05, 0.1) is 6.57 Å². The molecule has 0 radical (unpaired) electrons. The van der Waals surface area contributed by atoms with E-state index in [2.05, 4.69) is 25.0 Å². The first-order chi connectivity index (χ1) is 10.9. The molecule has 10 heteroatoms. The molecule has 2 aromatic rings. The zero-order chi connectivity index (χ0) is 17.1. The molecule has 2 N–H and O–H groups in total. The van der Waals surface area contributed by atoms with Crippen molar-refractivity contribution >= 4 is 17.3 Å². The number of nitrogens with zero attached hydrogens (tertiary/aromatic N) is 7. The van der Waals surface area contributed by atoms with E-state index in [1.165, 1.54) is 14.0 Å². The molecule has 2 heterocycles. The van der Waals surface area contributed by atoms with Gasteiger partial charge >= 0.3 is 0 Å². The van der Waals surface area contributed by atoms with Crippen molar-refractivity contribution in [3.8, 4) is 18.0 Å². The molecule has 0 aromatic carbocycles. The van der Waals surface area contributed by atoms with E-state index in [0.29, 0.717) is 0 Å². The molecule has 0 aliphatic carbocycles. The van der Waals surface area contributed by atoms with Crippen molar-refractivity contribution < 1.29 is 5.11 Å². The highest BCUT2D eigenvalue weighted by molar-refractivity contribution is 5.67. The number of H-pyrrole nitrogens is 1. The van der Waals surface area contributed by atoms with Crippen LogP contribution >= 0.6 is 0 Å². The van der Waals surface area contributed by atoms with Crippen LogP contribution in [0.3, 0.4) is 0 Å². The highest BCUT2D eigenvalue weighted by Gasteiger charge is 2.17. The highest BCUT2D eigenvalue weighted by Crippen LogP contribution is 2.33. The zero-order valence-corrected chi connectivity index (χ0v) is 12.0. The van der Waals surface area contributed by atoms with Crippen LogP contribution in [-0.4, -0.2) is 19.6 Å². The van der Waals surface area contributed by atoms with Crippen molar-refractivity contribution in [3.05, 3.63) is 38.7 Å². The van der Waals surface area contributed by atoms with Gasteiger partial charge in [-0.1, -0.05) is 0 Å². The minimum absolute atomic E-state index is 0.0707. The first kappa shape index (κ1) is 15.4. The predicted octanol–water partition coefficient (Wildman–Crippen LogP) is 1.83. The normalized spacial score (nSPS) is 10.2. The minimum Gasteiger partial charge on any atom is -0.503 e. The Kier molecular flexibility index (Phi) is 3.89. The Morgan fingerprint density at radius 2 is 2.09 bits per heavy atom. The quantitative estimate of drug-likeness (QED) is 0.641. The largest absolute Gasteiger partial charge is 0.503 e. The van der Waals surface area contributed by atoms with Crippen molar-refractivity contribution in [2.75, 3.05) is 0 Å². The van der Waals surface area contributed by atoms with E-state index in [-0.39, 0.29) is 34.3 Å². The number of hydrogen-bond acceptors (Lipinski definition) is 7. The standard InChI is InChI=1S/C13H8N8O2/c1-6-9(16-2)11(22)21(3)12(23)10(6)19-20-13-17-7(4-14)8(5-15)18-13/h22H,1,3H3,(H,17,18). The van der Waals surface area contributed by atoms with Gasteiger partial charge in [0.25, 0.3) is 5.56 Å². The number of imidazole rings is 1. The summed E-state index contributed by atoms with van der Waals surface area (Å²) in [4.78, 5) is 21.5. The third-order valence-electron chi connectivity index (χ3n) is 3.01. The molecule has 23 heavy (non-hydrogen) atoms. The summed E-state index contributed by atoms with van der Waals surface area (Å²) in [5.74, 6) is -0.588. The molecule has 112 valence electrons. The summed E-state index contributed by atoms with van der Waals surface area (Å²) < 4.78 is 0.873. The molecule has 0 aliphatic rings. The maximum atomic E-state index is 12.1. The van der Waals surface area contributed by atoms with Gasteiger partial charge in [-0.15, -0.1) is 10.2 Å². The Labute approximate surface area is 129 Å².